The first-order valence-electron chi connectivity index (χ1n) is 5.81. The molecule has 0 aliphatic heterocycles. The second-order valence-electron chi connectivity index (χ2n) is 3.73. The van der Waals surface area contributed by atoms with Crippen LogP contribution in [0.2, 0.25) is 0 Å². The number of furan rings is 1. The van der Waals surface area contributed by atoms with Gasteiger partial charge in [-0.25, -0.2) is 0 Å². The Morgan fingerprint density at radius 3 is 2.82 bits per heavy atom. The third-order valence-electron chi connectivity index (χ3n) is 2.41. The third-order valence-corrected chi connectivity index (χ3v) is 2.41. The Bertz CT molecular complexity index is 349. The van der Waals surface area contributed by atoms with Gasteiger partial charge in [-0.3, -0.25) is 4.79 Å². The van der Waals surface area contributed by atoms with Crippen molar-refractivity contribution in [3.8, 4) is 0 Å². The summed E-state index contributed by atoms with van der Waals surface area (Å²) < 4.78 is 10.4. The molecule has 0 radical (unpaired) electrons. The van der Waals surface area contributed by atoms with Gasteiger partial charge < -0.3 is 19.8 Å². The van der Waals surface area contributed by atoms with Crippen molar-refractivity contribution in [1.29, 1.82) is 0 Å². The third kappa shape index (κ3) is 4.20. The number of carbonyl (C=O) groups is 1. The molecule has 0 saturated carbocycles. The molecule has 5 heteroatoms. The van der Waals surface area contributed by atoms with Crippen molar-refractivity contribution in [2.75, 3.05) is 32.8 Å². The molecule has 96 valence electrons. The predicted octanol–water partition coefficient (Wildman–Crippen LogP) is 1.03. The van der Waals surface area contributed by atoms with Crippen molar-refractivity contribution in [1.82, 2.24) is 4.90 Å². The molecule has 1 aromatic heterocycles. The maximum Gasteiger partial charge on any atom is 0.257 e. The molecule has 1 heterocycles. The number of carbonyl (C=O) groups excluding carboxylic acids is 1. The molecule has 2 N–H and O–H groups in total. The fraction of sp³-hybridized carbons (Fsp3) is 0.583. The molecule has 0 aliphatic rings. The normalized spacial score (nSPS) is 10.5. The molecule has 0 aliphatic carbocycles. The number of hydrogen-bond donors (Lipinski definition) is 1. The summed E-state index contributed by atoms with van der Waals surface area (Å²) in [5.41, 5.74) is 5.90. The lowest BCUT2D eigenvalue weighted by Gasteiger charge is -2.19. The quantitative estimate of drug-likeness (QED) is 0.723. The number of ether oxygens (including phenoxy) is 1. The van der Waals surface area contributed by atoms with Crippen molar-refractivity contribution >= 4 is 5.91 Å². The predicted molar refractivity (Wildman–Crippen MR) is 64.9 cm³/mol. The van der Waals surface area contributed by atoms with Crippen LogP contribution >= 0.6 is 0 Å². The average molecular weight is 240 g/mol. The number of nitrogens with zero attached hydrogens (tertiary/aromatic N) is 1. The lowest BCUT2D eigenvalue weighted by atomic mass is 10.2. The van der Waals surface area contributed by atoms with Crippen LogP contribution in [0.5, 0.6) is 0 Å². The van der Waals surface area contributed by atoms with Gasteiger partial charge in [0.1, 0.15) is 12.0 Å². The molecule has 0 unspecified atom stereocenters. The van der Waals surface area contributed by atoms with E-state index < -0.39 is 0 Å². The van der Waals surface area contributed by atoms with Crippen LogP contribution in [0, 0.1) is 6.92 Å². The molecule has 0 aromatic carbocycles. The van der Waals surface area contributed by atoms with Gasteiger partial charge in [-0.15, -0.1) is 0 Å². The zero-order valence-corrected chi connectivity index (χ0v) is 10.4. The summed E-state index contributed by atoms with van der Waals surface area (Å²) in [5, 5.41) is 0. The highest BCUT2D eigenvalue weighted by atomic mass is 16.5. The highest BCUT2D eigenvalue weighted by Gasteiger charge is 2.15. The van der Waals surface area contributed by atoms with E-state index in [1.165, 1.54) is 6.26 Å². The molecule has 0 atom stereocenters. The lowest BCUT2D eigenvalue weighted by Crippen LogP contribution is -2.34. The van der Waals surface area contributed by atoms with E-state index in [-0.39, 0.29) is 5.91 Å². The van der Waals surface area contributed by atoms with Crippen molar-refractivity contribution in [3.05, 3.63) is 23.7 Å². The van der Waals surface area contributed by atoms with Crippen LogP contribution in [0.3, 0.4) is 0 Å². The van der Waals surface area contributed by atoms with Gasteiger partial charge in [-0.2, -0.15) is 0 Å². The minimum absolute atomic E-state index is 0.0271. The fourth-order valence-corrected chi connectivity index (χ4v) is 1.50. The van der Waals surface area contributed by atoms with Gasteiger partial charge in [0, 0.05) is 19.6 Å². The van der Waals surface area contributed by atoms with Gasteiger partial charge >= 0.3 is 0 Å². The monoisotopic (exact) mass is 240 g/mol. The number of aryl methyl sites for hydroxylation is 1. The maximum atomic E-state index is 12.0. The van der Waals surface area contributed by atoms with Gasteiger partial charge in [0.25, 0.3) is 5.91 Å². The Morgan fingerprint density at radius 1 is 1.53 bits per heavy atom. The van der Waals surface area contributed by atoms with E-state index >= 15 is 0 Å². The largest absolute Gasteiger partial charge is 0.469 e. The van der Waals surface area contributed by atoms with Crippen LogP contribution in [-0.2, 0) is 4.74 Å². The highest BCUT2D eigenvalue weighted by molar-refractivity contribution is 5.94. The molecule has 0 bridgehead atoms. The van der Waals surface area contributed by atoms with Crippen molar-refractivity contribution in [2.45, 2.75) is 13.8 Å². The smallest absolute Gasteiger partial charge is 0.257 e. The Kier molecular flexibility index (Phi) is 5.72. The van der Waals surface area contributed by atoms with E-state index in [2.05, 4.69) is 0 Å². The standard InChI is InChI=1S/C12H20N2O3/c1-3-14(5-7-16-6-4-13)12(15)11-8-10(2)17-9-11/h8-9H,3-7,13H2,1-2H3. The van der Waals surface area contributed by atoms with E-state index in [4.69, 9.17) is 14.9 Å². The number of nitrogens with two attached hydrogens (primary N) is 1. The molecule has 0 fully saturated rings. The van der Waals surface area contributed by atoms with Gasteiger partial charge in [-0.1, -0.05) is 0 Å². The van der Waals surface area contributed by atoms with Gasteiger partial charge in [0.15, 0.2) is 0 Å². The Morgan fingerprint density at radius 2 is 2.29 bits per heavy atom. The summed E-state index contributed by atoms with van der Waals surface area (Å²) in [6.07, 6.45) is 1.49. The van der Waals surface area contributed by atoms with E-state index in [9.17, 15) is 4.79 Å². The van der Waals surface area contributed by atoms with Crippen molar-refractivity contribution < 1.29 is 13.9 Å². The zero-order valence-electron chi connectivity index (χ0n) is 10.4. The van der Waals surface area contributed by atoms with E-state index in [0.717, 1.165) is 5.76 Å². The maximum absolute atomic E-state index is 12.0. The van der Waals surface area contributed by atoms with E-state index in [0.29, 0.717) is 38.4 Å². The number of hydrogen-bond acceptors (Lipinski definition) is 4. The molecule has 0 saturated heterocycles. The molecule has 0 spiro atoms. The second kappa shape index (κ2) is 7.09. The molecule has 17 heavy (non-hydrogen) atoms. The van der Waals surface area contributed by atoms with Crippen molar-refractivity contribution in [3.63, 3.8) is 0 Å². The Labute approximate surface area is 102 Å². The minimum atomic E-state index is -0.0271. The number of rotatable bonds is 7. The van der Waals surface area contributed by atoms with Crippen LogP contribution in [0.1, 0.15) is 23.0 Å². The summed E-state index contributed by atoms with van der Waals surface area (Å²) in [6, 6.07) is 1.74. The lowest BCUT2D eigenvalue weighted by molar-refractivity contribution is 0.0662. The van der Waals surface area contributed by atoms with Gasteiger partial charge in [-0.05, 0) is 19.9 Å². The van der Waals surface area contributed by atoms with Crippen LogP contribution < -0.4 is 5.73 Å². The van der Waals surface area contributed by atoms with Crippen LogP contribution in [0.4, 0.5) is 0 Å². The summed E-state index contributed by atoms with van der Waals surface area (Å²) in [7, 11) is 0. The Hall–Kier alpha value is -1.33. The zero-order chi connectivity index (χ0) is 12.7. The molecule has 1 aromatic rings. The van der Waals surface area contributed by atoms with Crippen LogP contribution in [-0.4, -0.2) is 43.7 Å². The second-order valence-corrected chi connectivity index (χ2v) is 3.73. The number of likely N-dealkylation sites (N-methyl/N-ethyl adjacent to an activating group) is 1. The molecule has 1 rings (SSSR count). The molecular formula is C12H20N2O3. The summed E-state index contributed by atoms with van der Waals surface area (Å²) in [5.74, 6) is 0.712. The summed E-state index contributed by atoms with van der Waals surface area (Å²) in [4.78, 5) is 13.8. The van der Waals surface area contributed by atoms with Crippen molar-refractivity contribution in [2.24, 2.45) is 5.73 Å². The first kappa shape index (κ1) is 13.7. The van der Waals surface area contributed by atoms with Crippen LogP contribution in [0.25, 0.3) is 0 Å². The summed E-state index contributed by atoms with van der Waals surface area (Å²) >= 11 is 0. The highest BCUT2D eigenvalue weighted by Crippen LogP contribution is 2.09. The van der Waals surface area contributed by atoms with E-state index in [1.807, 2.05) is 13.8 Å². The molecular weight excluding hydrogens is 220 g/mol. The fourth-order valence-electron chi connectivity index (χ4n) is 1.50. The SMILES string of the molecule is CCN(CCOCCN)C(=O)c1coc(C)c1. The van der Waals surface area contributed by atoms with Crippen LogP contribution in [0.15, 0.2) is 16.7 Å². The minimum Gasteiger partial charge on any atom is -0.469 e. The van der Waals surface area contributed by atoms with Gasteiger partial charge in [0.05, 0.1) is 18.8 Å². The number of amides is 1. The van der Waals surface area contributed by atoms with Gasteiger partial charge in [0.2, 0.25) is 0 Å². The summed E-state index contributed by atoms with van der Waals surface area (Å²) in [6.45, 7) is 6.50. The topological polar surface area (TPSA) is 68.7 Å². The first-order chi connectivity index (χ1) is 8.19. The molecule has 5 nitrogen and oxygen atoms in total. The first-order valence-corrected chi connectivity index (χ1v) is 5.81. The average Bonchev–Trinajstić information content (AvgIpc) is 2.75. The Balaban J connectivity index is 2.46. The van der Waals surface area contributed by atoms with E-state index in [1.54, 1.807) is 11.0 Å². The molecule has 1 amide bonds.